The number of fused-ring (bicyclic) bond motifs is 1. The normalized spacial score (nSPS) is 12.2. The fourth-order valence-electron chi connectivity index (χ4n) is 2.70. The van der Waals surface area contributed by atoms with Crippen molar-refractivity contribution in [1.29, 1.82) is 0 Å². The molecular weight excluding hydrogens is 306 g/mol. The van der Waals surface area contributed by atoms with E-state index in [9.17, 15) is 4.79 Å². The Morgan fingerprint density at radius 2 is 1.96 bits per heavy atom. The molecule has 2 aromatic carbocycles. The van der Waals surface area contributed by atoms with Crippen molar-refractivity contribution in [3.05, 3.63) is 60.0 Å². The van der Waals surface area contributed by atoms with E-state index in [1.54, 1.807) is 14.2 Å². The molecule has 1 N–H and O–H groups in total. The predicted molar refractivity (Wildman–Crippen MR) is 91.8 cm³/mol. The Labute approximate surface area is 140 Å². The van der Waals surface area contributed by atoms with Gasteiger partial charge in [0.05, 0.1) is 19.9 Å². The third-order valence-electron chi connectivity index (χ3n) is 3.83. The molecular formula is C19H19NO4. The largest absolute Gasteiger partial charge is 0.497 e. The first-order chi connectivity index (χ1) is 11.6. The van der Waals surface area contributed by atoms with Gasteiger partial charge in [-0.15, -0.1) is 0 Å². The fraction of sp³-hybridized carbons (Fsp3) is 0.211. The minimum atomic E-state index is 0.0892. The van der Waals surface area contributed by atoms with Gasteiger partial charge >= 0.3 is 0 Å². The molecule has 0 atom stereocenters. The summed E-state index contributed by atoms with van der Waals surface area (Å²) in [4.78, 5) is 12.4. The molecule has 1 heterocycles. The van der Waals surface area contributed by atoms with E-state index in [0.717, 1.165) is 16.8 Å². The lowest BCUT2D eigenvalue weighted by atomic mass is 10.0. The topological polar surface area (TPSA) is 56.8 Å². The van der Waals surface area contributed by atoms with Gasteiger partial charge in [-0.1, -0.05) is 6.07 Å². The zero-order chi connectivity index (χ0) is 17.1. The number of hydrogen-bond acceptors (Lipinski definition) is 5. The standard InChI is InChI=1S/C19H19NO4/c1-12-20-17-6-4-13(9-19(17)24-12)8-15(21)10-14-11-16(22-2)5-7-18(14)23-3/h4-7,9,11,20H,1,8,10H2,2-3H3. The van der Waals surface area contributed by atoms with Crippen molar-refractivity contribution in [2.24, 2.45) is 0 Å². The molecule has 2 aromatic rings. The van der Waals surface area contributed by atoms with Gasteiger partial charge in [-0.2, -0.15) is 0 Å². The number of ketones is 1. The summed E-state index contributed by atoms with van der Waals surface area (Å²) in [5.41, 5.74) is 2.58. The van der Waals surface area contributed by atoms with E-state index in [-0.39, 0.29) is 12.2 Å². The van der Waals surface area contributed by atoms with Crippen LogP contribution in [0.25, 0.3) is 0 Å². The Balaban J connectivity index is 1.72. The summed E-state index contributed by atoms with van der Waals surface area (Å²) in [7, 11) is 3.19. The molecule has 24 heavy (non-hydrogen) atoms. The van der Waals surface area contributed by atoms with E-state index < -0.39 is 0 Å². The van der Waals surface area contributed by atoms with Gasteiger partial charge in [0.25, 0.3) is 0 Å². The molecule has 5 heteroatoms. The van der Waals surface area contributed by atoms with Gasteiger partial charge < -0.3 is 19.5 Å². The van der Waals surface area contributed by atoms with Crippen LogP contribution in [-0.2, 0) is 17.6 Å². The predicted octanol–water partition coefficient (Wildman–Crippen LogP) is 3.33. The maximum atomic E-state index is 12.4. The van der Waals surface area contributed by atoms with Crippen LogP contribution in [-0.4, -0.2) is 20.0 Å². The molecule has 5 nitrogen and oxygen atoms in total. The zero-order valence-corrected chi connectivity index (χ0v) is 13.7. The van der Waals surface area contributed by atoms with Crippen LogP contribution in [0.3, 0.4) is 0 Å². The van der Waals surface area contributed by atoms with Crippen LogP contribution in [0.5, 0.6) is 17.2 Å². The number of carbonyl (C=O) groups excluding carboxylic acids is 1. The molecule has 124 valence electrons. The molecule has 0 aromatic heterocycles. The van der Waals surface area contributed by atoms with E-state index in [2.05, 4.69) is 11.9 Å². The number of anilines is 1. The highest BCUT2D eigenvalue weighted by Gasteiger charge is 2.17. The molecule has 1 aliphatic heterocycles. The lowest BCUT2D eigenvalue weighted by Crippen LogP contribution is -2.08. The second-order valence-corrected chi connectivity index (χ2v) is 5.55. The molecule has 0 fully saturated rings. The highest BCUT2D eigenvalue weighted by molar-refractivity contribution is 5.84. The molecule has 0 unspecified atom stereocenters. The van der Waals surface area contributed by atoms with Gasteiger partial charge in [-0.3, -0.25) is 4.79 Å². The minimum Gasteiger partial charge on any atom is -0.497 e. The third-order valence-corrected chi connectivity index (χ3v) is 3.83. The SMILES string of the molecule is C=C1Nc2ccc(CC(=O)Cc3cc(OC)ccc3OC)cc2O1. The Hall–Kier alpha value is -2.95. The minimum absolute atomic E-state index is 0.0892. The second-order valence-electron chi connectivity index (χ2n) is 5.55. The number of Topliss-reactive ketones (excluding diaryl/α,β-unsaturated/α-hetero) is 1. The quantitative estimate of drug-likeness (QED) is 0.883. The number of rotatable bonds is 6. The maximum absolute atomic E-state index is 12.4. The summed E-state index contributed by atoms with van der Waals surface area (Å²) in [5.74, 6) is 2.67. The van der Waals surface area contributed by atoms with Gasteiger partial charge in [0.2, 0.25) is 0 Å². The van der Waals surface area contributed by atoms with E-state index in [0.29, 0.717) is 29.6 Å². The van der Waals surface area contributed by atoms with Gasteiger partial charge in [0.1, 0.15) is 17.3 Å². The first-order valence-corrected chi connectivity index (χ1v) is 7.58. The summed E-state index contributed by atoms with van der Waals surface area (Å²) < 4.78 is 16.0. The maximum Gasteiger partial charge on any atom is 0.190 e. The fourth-order valence-corrected chi connectivity index (χ4v) is 2.70. The number of benzene rings is 2. The van der Waals surface area contributed by atoms with Gasteiger partial charge in [0, 0.05) is 18.4 Å². The van der Waals surface area contributed by atoms with Crippen LogP contribution in [0.2, 0.25) is 0 Å². The molecule has 0 saturated carbocycles. The van der Waals surface area contributed by atoms with E-state index >= 15 is 0 Å². The van der Waals surface area contributed by atoms with E-state index in [1.165, 1.54) is 0 Å². The monoisotopic (exact) mass is 325 g/mol. The van der Waals surface area contributed by atoms with Crippen LogP contribution in [0.15, 0.2) is 48.9 Å². The van der Waals surface area contributed by atoms with E-state index in [4.69, 9.17) is 14.2 Å². The van der Waals surface area contributed by atoms with Gasteiger partial charge in [0.15, 0.2) is 11.6 Å². The van der Waals surface area contributed by atoms with Crippen LogP contribution >= 0.6 is 0 Å². The third kappa shape index (κ3) is 3.35. The number of methoxy groups -OCH3 is 2. The Morgan fingerprint density at radius 3 is 2.71 bits per heavy atom. The van der Waals surface area contributed by atoms with Crippen LogP contribution in [0, 0.1) is 0 Å². The van der Waals surface area contributed by atoms with Crippen LogP contribution in [0.4, 0.5) is 5.69 Å². The van der Waals surface area contributed by atoms with Crippen molar-refractivity contribution < 1.29 is 19.0 Å². The van der Waals surface area contributed by atoms with Gasteiger partial charge in [-0.05, 0) is 42.5 Å². The molecule has 0 saturated heterocycles. The number of ether oxygens (including phenoxy) is 3. The van der Waals surface area contributed by atoms with Crippen molar-refractivity contribution in [1.82, 2.24) is 0 Å². The highest BCUT2D eigenvalue weighted by Crippen LogP contribution is 2.33. The molecule has 0 amide bonds. The highest BCUT2D eigenvalue weighted by atomic mass is 16.5. The van der Waals surface area contributed by atoms with Crippen molar-refractivity contribution >= 4 is 11.5 Å². The summed E-state index contributed by atoms with van der Waals surface area (Å²) in [5, 5.41) is 3.01. The Bertz CT molecular complexity index is 798. The van der Waals surface area contributed by atoms with Crippen LogP contribution < -0.4 is 19.5 Å². The Kier molecular flexibility index (Phi) is 4.42. The first kappa shape index (κ1) is 15.9. The second kappa shape index (κ2) is 6.66. The Morgan fingerprint density at radius 1 is 1.12 bits per heavy atom. The number of hydrogen-bond donors (Lipinski definition) is 1. The number of nitrogens with one attached hydrogen (secondary N) is 1. The summed E-state index contributed by atoms with van der Waals surface area (Å²) in [6, 6.07) is 11.1. The molecule has 3 rings (SSSR count). The molecule has 0 spiro atoms. The average Bonchev–Trinajstić information content (AvgIpc) is 2.94. The van der Waals surface area contributed by atoms with Crippen LogP contribution in [0.1, 0.15) is 11.1 Å². The molecule has 0 bridgehead atoms. The summed E-state index contributed by atoms with van der Waals surface area (Å²) in [6.45, 7) is 3.72. The summed E-state index contributed by atoms with van der Waals surface area (Å²) in [6.07, 6.45) is 0.604. The first-order valence-electron chi connectivity index (χ1n) is 7.58. The molecule has 0 aliphatic carbocycles. The summed E-state index contributed by atoms with van der Waals surface area (Å²) >= 11 is 0. The van der Waals surface area contributed by atoms with Gasteiger partial charge in [-0.25, -0.2) is 0 Å². The smallest absolute Gasteiger partial charge is 0.190 e. The van der Waals surface area contributed by atoms with Crippen molar-refractivity contribution in [3.63, 3.8) is 0 Å². The lowest BCUT2D eigenvalue weighted by molar-refractivity contribution is -0.117. The van der Waals surface area contributed by atoms with Crippen molar-refractivity contribution in [3.8, 4) is 17.2 Å². The lowest BCUT2D eigenvalue weighted by Gasteiger charge is -2.10. The van der Waals surface area contributed by atoms with E-state index in [1.807, 2.05) is 36.4 Å². The average molecular weight is 325 g/mol. The van der Waals surface area contributed by atoms with Crippen molar-refractivity contribution in [2.45, 2.75) is 12.8 Å². The molecule has 1 aliphatic rings. The molecule has 0 radical (unpaired) electrons. The van der Waals surface area contributed by atoms with Crippen molar-refractivity contribution in [2.75, 3.05) is 19.5 Å². The number of carbonyl (C=O) groups is 1. The zero-order valence-electron chi connectivity index (χ0n) is 13.7.